The van der Waals surface area contributed by atoms with Crippen molar-refractivity contribution < 1.29 is 14.1 Å². The summed E-state index contributed by atoms with van der Waals surface area (Å²) in [6, 6.07) is 2.39. The third-order valence-electron chi connectivity index (χ3n) is 1.80. The van der Waals surface area contributed by atoms with E-state index in [0.717, 1.165) is 11.8 Å². The Hall–Kier alpha value is -1.83. The Kier molecular flexibility index (Phi) is 2.91. The average Bonchev–Trinajstić information content (AvgIpc) is 2.86. The summed E-state index contributed by atoms with van der Waals surface area (Å²) in [5.74, 6) is -0.247. The normalized spacial score (nSPS) is 14.6. The summed E-state index contributed by atoms with van der Waals surface area (Å²) >= 11 is 1.42. The highest BCUT2D eigenvalue weighted by molar-refractivity contribution is 8.14. The van der Waals surface area contributed by atoms with Gasteiger partial charge in [0.25, 0.3) is 5.91 Å². The van der Waals surface area contributed by atoms with E-state index in [1.807, 2.05) is 0 Å². The highest BCUT2D eigenvalue weighted by atomic mass is 32.2. The topological polar surface area (TPSA) is 97.7 Å². The number of carbonyl (C=O) groups is 1. The van der Waals surface area contributed by atoms with Gasteiger partial charge in [0.15, 0.2) is 10.9 Å². The van der Waals surface area contributed by atoms with Crippen LogP contribution in [-0.4, -0.2) is 28.3 Å². The van der Waals surface area contributed by atoms with Gasteiger partial charge in [0, 0.05) is 5.75 Å². The van der Waals surface area contributed by atoms with Gasteiger partial charge in [0.05, 0.1) is 12.6 Å². The van der Waals surface area contributed by atoms with E-state index in [9.17, 15) is 14.9 Å². The maximum Gasteiger partial charge on any atom is 0.433 e. The second-order valence-corrected chi connectivity index (χ2v) is 3.97. The van der Waals surface area contributed by atoms with Crippen LogP contribution in [0.5, 0.6) is 0 Å². The van der Waals surface area contributed by atoms with E-state index in [2.05, 4.69) is 10.3 Å². The van der Waals surface area contributed by atoms with E-state index >= 15 is 0 Å². The molecule has 1 amide bonds. The average molecular weight is 241 g/mol. The maximum atomic E-state index is 11.5. The molecule has 1 aromatic heterocycles. The fraction of sp³-hybridized carbons (Fsp3) is 0.250. The summed E-state index contributed by atoms with van der Waals surface area (Å²) in [6.45, 7) is 0.665. The van der Waals surface area contributed by atoms with Crippen LogP contribution in [-0.2, 0) is 0 Å². The number of hydrogen-bond acceptors (Lipinski definition) is 6. The Balaban J connectivity index is 2.05. The number of thioether (sulfide) groups is 1. The lowest BCUT2D eigenvalue weighted by atomic mass is 10.4. The fourth-order valence-electron chi connectivity index (χ4n) is 1.12. The van der Waals surface area contributed by atoms with Crippen LogP contribution in [0.4, 0.5) is 5.88 Å². The number of hydrogen-bond donors (Lipinski definition) is 1. The zero-order valence-electron chi connectivity index (χ0n) is 8.00. The van der Waals surface area contributed by atoms with E-state index in [4.69, 9.17) is 4.42 Å². The molecule has 1 aliphatic rings. The molecule has 0 aromatic carbocycles. The van der Waals surface area contributed by atoms with E-state index < -0.39 is 16.7 Å². The van der Waals surface area contributed by atoms with Crippen molar-refractivity contribution in [3.8, 4) is 0 Å². The molecule has 8 heteroatoms. The SMILES string of the molecule is O=C(NC1=NCCS1)c1ccc([N+](=O)[O-])o1. The van der Waals surface area contributed by atoms with Crippen molar-refractivity contribution >= 4 is 28.7 Å². The van der Waals surface area contributed by atoms with Crippen LogP contribution in [0.15, 0.2) is 21.5 Å². The van der Waals surface area contributed by atoms with Crippen LogP contribution in [0.1, 0.15) is 10.6 Å². The predicted octanol–water partition coefficient (Wildman–Crippen LogP) is 1.02. The first-order valence-corrected chi connectivity index (χ1v) is 5.38. The molecule has 0 saturated carbocycles. The van der Waals surface area contributed by atoms with Crippen LogP contribution in [0.2, 0.25) is 0 Å². The third-order valence-corrected chi connectivity index (χ3v) is 2.69. The second kappa shape index (κ2) is 4.35. The van der Waals surface area contributed by atoms with Gasteiger partial charge < -0.3 is 4.42 Å². The van der Waals surface area contributed by atoms with Gasteiger partial charge in [-0.1, -0.05) is 11.8 Å². The van der Waals surface area contributed by atoms with Crippen LogP contribution in [0.25, 0.3) is 0 Å². The molecule has 0 atom stereocenters. The summed E-state index contributed by atoms with van der Waals surface area (Å²) in [5, 5.41) is 13.4. The largest absolute Gasteiger partial charge is 0.433 e. The highest BCUT2D eigenvalue weighted by Crippen LogP contribution is 2.16. The van der Waals surface area contributed by atoms with Gasteiger partial charge in [0.2, 0.25) is 0 Å². The molecular weight excluding hydrogens is 234 g/mol. The number of nitrogens with zero attached hydrogens (tertiary/aromatic N) is 2. The number of rotatable bonds is 2. The van der Waals surface area contributed by atoms with Crippen LogP contribution in [0, 0.1) is 10.1 Å². The smallest absolute Gasteiger partial charge is 0.395 e. The lowest BCUT2D eigenvalue weighted by molar-refractivity contribution is -0.402. The maximum absolute atomic E-state index is 11.5. The molecule has 1 aliphatic heterocycles. The summed E-state index contributed by atoms with van der Waals surface area (Å²) in [7, 11) is 0. The van der Waals surface area contributed by atoms with Gasteiger partial charge in [-0.2, -0.15) is 0 Å². The predicted molar refractivity (Wildman–Crippen MR) is 57.6 cm³/mol. The summed E-state index contributed by atoms with van der Waals surface area (Å²) < 4.78 is 4.74. The minimum atomic E-state index is -0.696. The number of amides is 1. The van der Waals surface area contributed by atoms with Crippen LogP contribution < -0.4 is 5.32 Å². The first-order chi connectivity index (χ1) is 7.66. The zero-order chi connectivity index (χ0) is 11.5. The number of nitrogens with one attached hydrogen (secondary N) is 1. The van der Waals surface area contributed by atoms with E-state index in [1.165, 1.54) is 17.8 Å². The first kappa shape index (κ1) is 10.7. The molecule has 2 rings (SSSR count). The first-order valence-electron chi connectivity index (χ1n) is 4.39. The third kappa shape index (κ3) is 2.22. The number of nitro groups is 1. The summed E-state index contributed by atoms with van der Waals surface area (Å²) in [4.78, 5) is 25.2. The van der Waals surface area contributed by atoms with Gasteiger partial charge in [0.1, 0.15) is 4.92 Å². The number of furan rings is 1. The van der Waals surface area contributed by atoms with Gasteiger partial charge >= 0.3 is 5.88 Å². The molecule has 7 nitrogen and oxygen atoms in total. The van der Waals surface area contributed by atoms with Crippen molar-refractivity contribution in [1.29, 1.82) is 0 Å². The molecule has 0 saturated heterocycles. The number of aliphatic imine (C=N–C) groups is 1. The molecule has 0 aliphatic carbocycles. The quantitative estimate of drug-likeness (QED) is 0.615. The number of amidine groups is 1. The minimum Gasteiger partial charge on any atom is -0.395 e. The molecule has 1 N–H and O–H groups in total. The lowest BCUT2D eigenvalue weighted by Crippen LogP contribution is -2.26. The Labute approximate surface area is 94.1 Å². The van der Waals surface area contributed by atoms with Crippen LogP contribution in [0.3, 0.4) is 0 Å². The Morgan fingerprint density at radius 1 is 1.62 bits per heavy atom. The fourth-order valence-corrected chi connectivity index (χ4v) is 1.84. The van der Waals surface area contributed by atoms with Crippen molar-refractivity contribution in [3.63, 3.8) is 0 Å². The minimum absolute atomic E-state index is 0.0955. The molecular formula is C8H7N3O4S. The van der Waals surface area contributed by atoms with Gasteiger partial charge in [-0.25, -0.2) is 0 Å². The molecule has 0 fully saturated rings. The van der Waals surface area contributed by atoms with Crippen molar-refractivity contribution in [2.45, 2.75) is 0 Å². The van der Waals surface area contributed by atoms with Crippen LogP contribution >= 0.6 is 11.8 Å². The Morgan fingerprint density at radius 2 is 2.44 bits per heavy atom. The monoisotopic (exact) mass is 241 g/mol. The molecule has 0 radical (unpaired) electrons. The van der Waals surface area contributed by atoms with Crippen molar-refractivity contribution in [2.24, 2.45) is 4.99 Å². The molecule has 0 spiro atoms. The summed E-state index contributed by atoms with van der Waals surface area (Å²) in [6.07, 6.45) is 0. The molecule has 1 aromatic rings. The molecule has 2 heterocycles. The van der Waals surface area contributed by atoms with E-state index in [-0.39, 0.29) is 5.76 Å². The van der Waals surface area contributed by atoms with Crippen molar-refractivity contribution in [2.75, 3.05) is 12.3 Å². The summed E-state index contributed by atoms with van der Waals surface area (Å²) in [5.41, 5.74) is 0. The molecule has 0 bridgehead atoms. The lowest BCUT2D eigenvalue weighted by Gasteiger charge is -1.99. The molecule has 0 unspecified atom stereocenters. The standard InChI is InChI=1S/C8H7N3O4S/c12-7(10-8-9-3-4-16-8)5-1-2-6(15-5)11(13)14/h1-2H,3-4H2,(H,9,10,12). The van der Waals surface area contributed by atoms with Gasteiger partial charge in [-0.3, -0.25) is 25.2 Å². The molecule has 16 heavy (non-hydrogen) atoms. The molecule has 84 valence electrons. The Morgan fingerprint density at radius 3 is 3.00 bits per heavy atom. The van der Waals surface area contributed by atoms with Crippen molar-refractivity contribution in [3.05, 3.63) is 28.0 Å². The van der Waals surface area contributed by atoms with Crippen molar-refractivity contribution in [1.82, 2.24) is 5.32 Å². The number of carbonyl (C=O) groups excluding carboxylic acids is 1. The van der Waals surface area contributed by atoms with Gasteiger partial charge in [-0.15, -0.1) is 0 Å². The van der Waals surface area contributed by atoms with Gasteiger partial charge in [-0.05, 0) is 6.07 Å². The zero-order valence-corrected chi connectivity index (χ0v) is 8.82. The van der Waals surface area contributed by atoms with E-state index in [0.29, 0.717) is 11.7 Å². The second-order valence-electron chi connectivity index (χ2n) is 2.88. The Bertz CT molecular complexity index is 468. The highest BCUT2D eigenvalue weighted by Gasteiger charge is 2.19. The van der Waals surface area contributed by atoms with E-state index in [1.54, 1.807) is 0 Å².